The maximum absolute atomic E-state index is 9.96. The average molecular weight is 290 g/mol. The summed E-state index contributed by atoms with van der Waals surface area (Å²) >= 11 is 1.81. The van der Waals surface area contributed by atoms with Crippen molar-refractivity contribution in [3.63, 3.8) is 0 Å². The molecule has 0 aromatic heterocycles. The fourth-order valence-corrected chi connectivity index (χ4v) is 1.12. The molecule has 0 amide bonds. The number of hydrogen-bond acceptors (Lipinski definition) is 5. The molecule has 0 aliphatic carbocycles. The highest BCUT2D eigenvalue weighted by Crippen LogP contribution is 2.05. The molecule has 0 aliphatic heterocycles. The van der Waals surface area contributed by atoms with E-state index in [9.17, 15) is 4.79 Å². The second-order valence-corrected chi connectivity index (χ2v) is 3.21. The molecule has 0 aliphatic rings. The van der Waals surface area contributed by atoms with Gasteiger partial charge in [0.2, 0.25) is 0 Å². The molecular formula is C6H11IO5. The van der Waals surface area contributed by atoms with Gasteiger partial charge in [0.25, 0.3) is 0 Å². The molecule has 0 unspecified atom stereocenters. The second-order valence-electron chi connectivity index (χ2n) is 2.33. The van der Waals surface area contributed by atoms with Gasteiger partial charge in [0.1, 0.15) is 18.3 Å². The van der Waals surface area contributed by atoms with Crippen molar-refractivity contribution in [1.82, 2.24) is 0 Å². The summed E-state index contributed by atoms with van der Waals surface area (Å²) in [5.74, 6) is 0. The Hall–Kier alpha value is 0.240. The summed E-state index contributed by atoms with van der Waals surface area (Å²) in [4.78, 5) is 9.96. The van der Waals surface area contributed by atoms with Crippen molar-refractivity contribution in [2.75, 3.05) is 4.43 Å². The first kappa shape index (κ1) is 12.2. The minimum Gasteiger partial charge on any atom is -0.390 e. The molecule has 6 heteroatoms. The largest absolute Gasteiger partial charge is 0.390 e. The zero-order chi connectivity index (χ0) is 9.72. The van der Waals surface area contributed by atoms with Gasteiger partial charge in [-0.25, -0.2) is 0 Å². The predicted octanol–water partition coefficient (Wildman–Crippen LogP) is -1.94. The predicted molar refractivity (Wildman–Crippen MR) is 49.0 cm³/mol. The van der Waals surface area contributed by atoms with E-state index in [-0.39, 0.29) is 10.7 Å². The fourth-order valence-electron chi connectivity index (χ4n) is 0.601. The molecule has 0 spiro atoms. The molecule has 0 saturated heterocycles. The van der Waals surface area contributed by atoms with Crippen LogP contribution in [-0.4, -0.2) is 55.6 Å². The SMILES string of the molecule is O=C[C@@H](O)[C@H](O)[C@H](O)[C@@H](O)CI. The third-order valence-electron chi connectivity index (χ3n) is 1.39. The fraction of sp³-hybridized carbons (Fsp3) is 0.833. The smallest absolute Gasteiger partial charge is 0.151 e. The van der Waals surface area contributed by atoms with Crippen molar-refractivity contribution in [2.45, 2.75) is 24.4 Å². The number of hydrogen-bond donors (Lipinski definition) is 4. The summed E-state index contributed by atoms with van der Waals surface area (Å²) in [5.41, 5.74) is 0. The van der Waals surface area contributed by atoms with Crippen LogP contribution in [0.15, 0.2) is 0 Å². The number of rotatable bonds is 5. The van der Waals surface area contributed by atoms with Gasteiger partial charge in [-0.1, -0.05) is 22.6 Å². The minimum absolute atomic E-state index is 0.105. The van der Waals surface area contributed by atoms with E-state index < -0.39 is 24.4 Å². The third kappa shape index (κ3) is 3.31. The number of alkyl halides is 1. The molecule has 0 rings (SSSR count). The topological polar surface area (TPSA) is 98.0 Å². The van der Waals surface area contributed by atoms with Crippen LogP contribution in [0.3, 0.4) is 0 Å². The third-order valence-corrected chi connectivity index (χ3v) is 2.29. The number of carbonyl (C=O) groups is 1. The van der Waals surface area contributed by atoms with Crippen molar-refractivity contribution < 1.29 is 25.2 Å². The van der Waals surface area contributed by atoms with Crippen molar-refractivity contribution in [3.05, 3.63) is 0 Å². The Morgan fingerprint density at radius 2 is 1.67 bits per heavy atom. The van der Waals surface area contributed by atoms with Crippen LogP contribution in [0.2, 0.25) is 0 Å². The van der Waals surface area contributed by atoms with Crippen LogP contribution in [0, 0.1) is 0 Å². The van der Waals surface area contributed by atoms with Crippen LogP contribution >= 0.6 is 22.6 Å². The quantitative estimate of drug-likeness (QED) is 0.268. The van der Waals surface area contributed by atoms with E-state index in [0.717, 1.165) is 0 Å². The van der Waals surface area contributed by atoms with Gasteiger partial charge >= 0.3 is 0 Å². The van der Waals surface area contributed by atoms with E-state index in [0.29, 0.717) is 0 Å². The van der Waals surface area contributed by atoms with Crippen molar-refractivity contribution in [2.24, 2.45) is 0 Å². The van der Waals surface area contributed by atoms with E-state index in [2.05, 4.69) is 0 Å². The standard InChI is InChI=1S/C6H11IO5/c7-1-3(9)5(11)6(12)4(10)2-8/h2-6,9-12H,1H2/t3-,4+,5+,6-/m0/s1. The highest BCUT2D eigenvalue weighted by atomic mass is 127. The van der Waals surface area contributed by atoms with Gasteiger partial charge < -0.3 is 25.2 Å². The molecular weight excluding hydrogens is 279 g/mol. The number of aliphatic hydroxyl groups is 4. The van der Waals surface area contributed by atoms with Crippen molar-refractivity contribution >= 4 is 28.9 Å². The first-order chi connectivity index (χ1) is 5.54. The Labute approximate surface area is 83.2 Å². The van der Waals surface area contributed by atoms with E-state index in [4.69, 9.17) is 20.4 Å². The molecule has 0 bridgehead atoms. The number of halogens is 1. The summed E-state index contributed by atoms with van der Waals surface area (Å²) in [7, 11) is 0. The molecule has 4 N–H and O–H groups in total. The maximum Gasteiger partial charge on any atom is 0.151 e. The molecule has 0 aromatic carbocycles. The first-order valence-electron chi connectivity index (χ1n) is 3.28. The number of aliphatic hydroxyl groups excluding tert-OH is 4. The van der Waals surface area contributed by atoms with Gasteiger partial charge in [-0.2, -0.15) is 0 Å². The lowest BCUT2D eigenvalue weighted by molar-refractivity contribution is -0.131. The monoisotopic (exact) mass is 290 g/mol. The van der Waals surface area contributed by atoms with Gasteiger partial charge in [0.05, 0.1) is 6.10 Å². The zero-order valence-corrected chi connectivity index (χ0v) is 8.33. The molecule has 0 saturated carbocycles. The molecule has 5 nitrogen and oxygen atoms in total. The Bertz CT molecular complexity index is 142. The summed E-state index contributed by atoms with van der Waals surface area (Å²) in [6.07, 6.45) is -5.82. The molecule has 0 aromatic rings. The lowest BCUT2D eigenvalue weighted by Gasteiger charge is -2.22. The van der Waals surface area contributed by atoms with Crippen LogP contribution in [0.25, 0.3) is 0 Å². The Balaban J connectivity index is 4.07. The lowest BCUT2D eigenvalue weighted by atomic mass is 10.1. The number of aldehydes is 1. The molecule has 4 atom stereocenters. The van der Waals surface area contributed by atoms with E-state index >= 15 is 0 Å². The Morgan fingerprint density at radius 3 is 2.00 bits per heavy atom. The van der Waals surface area contributed by atoms with Gasteiger partial charge in [-0.15, -0.1) is 0 Å². The van der Waals surface area contributed by atoms with Crippen molar-refractivity contribution in [3.8, 4) is 0 Å². The first-order valence-corrected chi connectivity index (χ1v) is 4.80. The van der Waals surface area contributed by atoms with Gasteiger partial charge in [-0.3, -0.25) is 0 Å². The van der Waals surface area contributed by atoms with E-state index in [1.165, 1.54) is 0 Å². The molecule has 72 valence electrons. The summed E-state index contributed by atoms with van der Waals surface area (Å²) in [6.45, 7) is 0. The van der Waals surface area contributed by atoms with Crippen LogP contribution in [0.4, 0.5) is 0 Å². The van der Waals surface area contributed by atoms with Crippen molar-refractivity contribution in [1.29, 1.82) is 0 Å². The lowest BCUT2D eigenvalue weighted by Crippen LogP contribution is -2.45. The minimum atomic E-state index is -1.66. The molecule has 0 heterocycles. The summed E-state index contributed by atoms with van der Waals surface area (Å²) in [6, 6.07) is 0. The zero-order valence-electron chi connectivity index (χ0n) is 6.17. The van der Waals surface area contributed by atoms with Crippen LogP contribution < -0.4 is 0 Å². The molecule has 0 fully saturated rings. The van der Waals surface area contributed by atoms with Gasteiger partial charge in [0, 0.05) is 4.43 Å². The Kier molecular flexibility index (Phi) is 5.93. The Morgan fingerprint density at radius 1 is 1.17 bits per heavy atom. The average Bonchev–Trinajstić information content (AvgIpc) is 2.12. The van der Waals surface area contributed by atoms with Gasteiger partial charge in [-0.05, 0) is 0 Å². The van der Waals surface area contributed by atoms with E-state index in [1.54, 1.807) is 22.6 Å². The van der Waals surface area contributed by atoms with Crippen LogP contribution in [-0.2, 0) is 4.79 Å². The summed E-state index contributed by atoms with van der Waals surface area (Å²) in [5, 5.41) is 35.8. The van der Waals surface area contributed by atoms with E-state index in [1.807, 2.05) is 0 Å². The second kappa shape index (κ2) is 5.81. The number of carbonyl (C=O) groups excluding carboxylic acids is 1. The molecule has 12 heavy (non-hydrogen) atoms. The normalized spacial score (nSPS) is 21.1. The molecule has 0 radical (unpaired) electrons. The van der Waals surface area contributed by atoms with Gasteiger partial charge in [0.15, 0.2) is 6.29 Å². The summed E-state index contributed by atoms with van der Waals surface area (Å²) < 4.78 is 0.210. The van der Waals surface area contributed by atoms with Crippen LogP contribution in [0.1, 0.15) is 0 Å². The highest BCUT2D eigenvalue weighted by molar-refractivity contribution is 14.1. The maximum atomic E-state index is 9.96. The highest BCUT2D eigenvalue weighted by Gasteiger charge is 2.29. The van der Waals surface area contributed by atoms with Crippen LogP contribution in [0.5, 0.6) is 0 Å².